The van der Waals surface area contributed by atoms with Gasteiger partial charge in [0.25, 0.3) is 5.91 Å². The topological polar surface area (TPSA) is 127 Å². The molecule has 0 saturated heterocycles. The van der Waals surface area contributed by atoms with E-state index < -0.39 is 30.0 Å². The van der Waals surface area contributed by atoms with Crippen LogP contribution in [0.5, 0.6) is 0 Å². The van der Waals surface area contributed by atoms with Crippen molar-refractivity contribution in [2.45, 2.75) is 40.2 Å². The van der Waals surface area contributed by atoms with Crippen LogP contribution >= 0.6 is 0 Å². The lowest BCUT2D eigenvalue weighted by Gasteiger charge is -2.13. The summed E-state index contributed by atoms with van der Waals surface area (Å²) in [6.07, 6.45) is -0.712. The summed E-state index contributed by atoms with van der Waals surface area (Å²) >= 11 is 0. The van der Waals surface area contributed by atoms with E-state index in [0.717, 1.165) is 0 Å². The van der Waals surface area contributed by atoms with E-state index in [9.17, 15) is 19.2 Å². The Morgan fingerprint density at radius 3 is 2.32 bits per heavy atom. The lowest BCUT2D eigenvalue weighted by atomic mass is 10.1. The number of urea groups is 1. The maximum atomic E-state index is 12.3. The molecule has 0 aliphatic carbocycles. The molecular weight excluding hydrogens is 330 g/mol. The molecule has 1 aromatic rings. The molecule has 0 unspecified atom stereocenters. The normalized spacial score (nSPS) is 11.4. The molecule has 1 aromatic heterocycles. The Kier molecular flexibility index (Phi) is 7.16. The number of amides is 3. The van der Waals surface area contributed by atoms with Crippen LogP contribution in [0.1, 0.15) is 52.9 Å². The van der Waals surface area contributed by atoms with E-state index in [-0.39, 0.29) is 11.3 Å². The second-order valence-electron chi connectivity index (χ2n) is 5.22. The van der Waals surface area contributed by atoms with E-state index in [1.807, 2.05) is 6.92 Å². The highest BCUT2D eigenvalue weighted by molar-refractivity contribution is 6.00. The molecule has 1 atom stereocenters. The molecule has 0 saturated carbocycles. The van der Waals surface area contributed by atoms with Gasteiger partial charge in [0.2, 0.25) is 0 Å². The number of aryl methyl sites for hydroxylation is 1. The van der Waals surface area contributed by atoms with Crippen LogP contribution in [-0.2, 0) is 20.7 Å². The summed E-state index contributed by atoms with van der Waals surface area (Å²) in [4.78, 5) is 50.1. The van der Waals surface area contributed by atoms with Gasteiger partial charge < -0.3 is 19.8 Å². The maximum absolute atomic E-state index is 12.3. The second kappa shape index (κ2) is 8.86. The molecule has 0 spiro atoms. The first kappa shape index (κ1) is 20.2. The van der Waals surface area contributed by atoms with Crippen molar-refractivity contribution in [3.05, 3.63) is 22.5 Å². The third-order valence-corrected chi connectivity index (χ3v) is 3.50. The highest BCUT2D eigenvalue weighted by Gasteiger charge is 2.27. The van der Waals surface area contributed by atoms with Gasteiger partial charge >= 0.3 is 18.0 Å². The number of nitrogens with one attached hydrogen (secondary N) is 3. The summed E-state index contributed by atoms with van der Waals surface area (Å²) in [7, 11) is 1.25. The van der Waals surface area contributed by atoms with Crippen LogP contribution in [0.4, 0.5) is 4.79 Å². The van der Waals surface area contributed by atoms with E-state index in [1.165, 1.54) is 14.0 Å². The van der Waals surface area contributed by atoms with Gasteiger partial charge in [-0.05, 0) is 32.8 Å². The van der Waals surface area contributed by atoms with Crippen LogP contribution in [0.2, 0.25) is 0 Å². The first-order valence-corrected chi connectivity index (χ1v) is 7.86. The molecule has 0 bridgehead atoms. The third kappa shape index (κ3) is 4.82. The lowest BCUT2D eigenvalue weighted by Crippen LogP contribution is -2.44. The Hall–Kier alpha value is -2.84. The number of rotatable bonds is 6. The number of aromatic amines is 1. The number of imide groups is 1. The number of ether oxygens (including phenoxy) is 2. The lowest BCUT2D eigenvalue weighted by molar-refractivity contribution is -0.127. The zero-order chi connectivity index (χ0) is 19.1. The van der Waals surface area contributed by atoms with Crippen molar-refractivity contribution in [3.8, 4) is 0 Å². The number of H-pyrrole nitrogens is 1. The number of methoxy groups -OCH3 is 1. The molecule has 1 rings (SSSR count). The zero-order valence-corrected chi connectivity index (χ0v) is 14.9. The fraction of sp³-hybridized carbons (Fsp3) is 0.500. The average Bonchev–Trinajstić information content (AvgIpc) is 2.90. The molecule has 0 aliphatic rings. The first-order chi connectivity index (χ1) is 11.8. The van der Waals surface area contributed by atoms with Gasteiger partial charge in [0.05, 0.1) is 12.7 Å². The molecular formula is C16H23N3O6. The summed E-state index contributed by atoms with van der Waals surface area (Å²) in [6, 6.07) is -0.673. The Balaban J connectivity index is 2.90. The molecule has 1 heterocycles. The summed E-state index contributed by atoms with van der Waals surface area (Å²) in [6.45, 7) is 6.79. The molecule has 9 nitrogen and oxygen atoms in total. The third-order valence-electron chi connectivity index (χ3n) is 3.50. The number of carbonyl (C=O) groups is 4. The standard InChI is InChI=1S/C16H23N3O6/c1-6-10-11(14(21)24-5)8(3)12(18-10)15(22)25-9(4)13(20)19-16(23)17-7-2/h9,18H,6-7H2,1-5H3,(H2,17,19,20,23)/t9-/m0/s1. The van der Waals surface area contributed by atoms with Gasteiger partial charge in [-0.15, -0.1) is 0 Å². The fourth-order valence-corrected chi connectivity index (χ4v) is 2.20. The van der Waals surface area contributed by atoms with Gasteiger partial charge in [-0.2, -0.15) is 0 Å². The highest BCUT2D eigenvalue weighted by atomic mass is 16.5. The van der Waals surface area contributed by atoms with Gasteiger partial charge in [0.1, 0.15) is 5.69 Å². The second-order valence-corrected chi connectivity index (χ2v) is 5.22. The molecule has 9 heteroatoms. The number of aromatic nitrogens is 1. The minimum absolute atomic E-state index is 0.0647. The van der Waals surface area contributed by atoms with Gasteiger partial charge in [-0.25, -0.2) is 14.4 Å². The molecule has 0 radical (unpaired) electrons. The minimum atomic E-state index is -1.19. The molecule has 138 valence electrons. The molecule has 0 aromatic carbocycles. The Labute approximate surface area is 145 Å². The molecule has 25 heavy (non-hydrogen) atoms. The molecule has 0 aliphatic heterocycles. The fourth-order valence-electron chi connectivity index (χ4n) is 2.20. The van der Waals surface area contributed by atoms with Gasteiger partial charge in [-0.1, -0.05) is 6.92 Å². The predicted octanol–water partition coefficient (Wildman–Crippen LogP) is 1.06. The molecule has 3 amide bonds. The Morgan fingerprint density at radius 2 is 1.80 bits per heavy atom. The summed E-state index contributed by atoms with van der Waals surface area (Å²) < 4.78 is 9.79. The maximum Gasteiger partial charge on any atom is 0.355 e. The van der Waals surface area contributed by atoms with Crippen molar-refractivity contribution in [3.63, 3.8) is 0 Å². The van der Waals surface area contributed by atoms with Crippen LogP contribution in [0.25, 0.3) is 0 Å². The van der Waals surface area contributed by atoms with Gasteiger partial charge in [0.15, 0.2) is 6.10 Å². The predicted molar refractivity (Wildman–Crippen MR) is 88.3 cm³/mol. The van der Waals surface area contributed by atoms with Crippen LogP contribution < -0.4 is 10.6 Å². The number of hydrogen-bond donors (Lipinski definition) is 3. The van der Waals surface area contributed by atoms with E-state index in [2.05, 4.69) is 15.6 Å². The monoisotopic (exact) mass is 353 g/mol. The summed E-state index contributed by atoms with van der Waals surface area (Å²) in [5, 5.41) is 4.45. The number of carbonyl (C=O) groups excluding carboxylic acids is 4. The van der Waals surface area contributed by atoms with E-state index in [0.29, 0.717) is 24.2 Å². The van der Waals surface area contributed by atoms with Crippen molar-refractivity contribution in [2.24, 2.45) is 0 Å². The van der Waals surface area contributed by atoms with Crippen LogP contribution in [0.3, 0.4) is 0 Å². The smallest absolute Gasteiger partial charge is 0.355 e. The van der Waals surface area contributed by atoms with Crippen LogP contribution in [0.15, 0.2) is 0 Å². The minimum Gasteiger partial charge on any atom is -0.465 e. The van der Waals surface area contributed by atoms with Crippen molar-refractivity contribution < 1.29 is 28.7 Å². The molecule has 3 N–H and O–H groups in total. The average molecular weight is 353 g/mol. The van der Waals surface area contributed by atoms with Crippen LogP contribution in [-0.4, -0.2) is 48.6 Å². The number of hydrogen-bond acceptors (Lipinski definition) is 6. The Morgan fingerprint density at radius 1 is 1.16 bits per heavy atom. The highest BCUT2D eigenvalue weighted by Crippen LogP contribution is 2.21. The van der Waals surface area contributed by atoms with E-state index in [4.69, 9.17) is 9.47 Å². The van der Waals surface area contributed by atoms with E-state index >= 15 is 0 Å². The van der Waals surface area contributed by atoms with Crippen molar-refractivity contribution in [1.82, 2.24) is 15.6 Å². The zero-order valence-electron chi connectivity index (χ0n) is 14.9. The summed E-state index contributed by atoms with van der Waals surface area (Å²) in [5.74, 6) is -2.13. The van der Waals surface area contributed by atoms with E-state index in [1.54, 1.807) is 13.8 Å². The van der Waals surface area contributed by atoms with Crippen molar-refractivity contribution in [2.75, 3.05) is 13.7 Å². The number of esters is 2. The first-order valence-electron chi connectivity index (χ1n) is 7.86. The summed E-state index contributed by atoms with van der Waals surface area (Å²) in [5.41, 5.74) is 1.26. The quantitative estimate of drug-likeness (QED) is 0.657. The molecule has 0 fully saturated rings. The van der Waals surface area contributed by atoms with Crippen LogP contribution in [0, 0.1) is 6.92 Å². The SMILES string of the molecule is CCNC(=O)NC(=O)[C@H](C)OC(=O)c1[nH]c(CC)c(C(=O)OC)c1C. The largest absolute Gasteiger partial charge is 0.465 e. The van der Waals surface area contributed by atoms with Crippen molar-refractivity contribution in [1.29, 1.82) is 0 Å². The van der Waals surface area contributed by atoms with Gasteiger partial charge in [0, 0.05) is 12.2 Å². The van der Waals surface area contributed by atoms with Gasteiger partial charge in [-0.3, -0.25) is 10.1 Å². The Bertz CT molecular complexity index is 680. The van der Waals surface area contributed by atoms with Crippen molar-refractivity contribution >= 4 is 23.9 Å².